The maximum atomic E-state index is 13.3. The van der Waals surface area contributed by atoms with Gasteiger partial charge >= 0.3 is 5.97 Å². The Bertz CT molecular complexity index is 703. The lowest BCUT2D eigenvalue weighted by Crippen LogP contribution is -2.46. The van der Waals surface area contributed by atoms with Crippen molar-refractivity contribution in [3.63, 3.8) is 0 Å². The van der Waals surface area contributed by atoms with Crippen molar-refractivity contribution in [2.75, 3.05) is 26.2 Å². The van der Waals surface area contributed by atoms with Crippen LogP contribution in [-0.2, 0) is 14.8 Å². The van der Waals surface area contributed by atoms with E-state index < -0.39 is 16.0 Å². The number of carbonyl (C=O) groups is 1. The molecule has 2 rings (SSSR count). The zero-order valence-corrected chi connectivity index (χ0v) is 17.3. The summed E-state index contributed by atoms with van der Waals surface area (Å²) >= 11 is 0. The summed E-state index contributed by atoms with van der Waals surface area (Å²) in [4.78, 5) is 12.2. The summed E-state index contributed by atoms with van der Waals surface area (Å²) in [5, 5.41) is 3.27. The first kappa shape index (κ1) is 22.9. The van der Waals surface area contributed by atoms with Gasteiger partial charge in [-0.25, -0.2) is 13.2 Å². The molecule has 0 radical (unpaired) electrons. The van der Waals surface area contributed by atoms with E-state index in [-0.39, 0.29) is 35.5 Å². The highest BCUT2D eigenvalue weighted by Crippen LogP contribution is 2.26. The Balaban J connectivity index is 0.00000338. The molecule has 0 spiro atoms. The number of nitrogens with zero attached hydrogens (tertiary/aromatic N) is 1. The number of rotatable bonds is 7. The molecule has 0 bridgehead atoms. The van der Waals surface area contributed by atoms with Gasteiger partial charge in [-0.3, -0.25) is 0 Å². The molecule has 6 nitrogen and oxygen atoms in total. The topological polar surface area (TPSA) is 75.7 Å². The number of piperidine rings is 1. The fraction of sp³-hybridized carbons (Fsp3) is 0.611. The van der Waals surface area contributed by atoms with Gasteiger partial charge in [0.05, 0.1) is 17.1 Å². The number of halogens is 1. The van der Waals surface area contributed by atoms with E-state index in [2.05, 4.69) is 5.32 Å². The molecule has 1 heterocycles. The van der Waals surface area contributed by atoms with Gasteiger partial charge in [0.1, 0.15) is 0 Å². The Kier molecular flexibility index (Phi) is 9.03. The minimum atomic E-state index is -3.67. The third kappa shape index (κ3) is 5.19. The smallest absolute Gasteiger partial charge is 0.338 e. The van der Waals surface area contributed by atoms with Gasteiger partial charge in [0.25, 0.3) is 0 Å². The number of sulfonamides is 1. The maximum absolute atomic E-state index is 13.3. The number of hydrogen-bond donors (Lipinski definition) is 1. The predicted octanol–water partition coefficient (Wildman–Crippen LogP) is 2.75. The van der Waals surface area contributed by atoms with Crippen LogP contribution in [0.4, 0.5) is 0 Å². The number of carbonyl (C=O) groups excluding carboxylic acids is 1. The van der Waals surface area contributed by atoms with Crippen molar-refractivity contribution in [2.45, 2.75) is 51.0 Å². The normalized spacial score (nSPS) is 15.5. The summed E-state index contributed by atoms with van der Waals surface area (Å²) < 4.78 is 33.3. The molecule has 148 valence electrons. The van der Waals surface area contributed by atoms with E-state index in [1.54, 1.807) is 30.3 Å². The molecule has 1 N–H and O–H groups in total. The Morgan fingerprint density at radius 3 is 2.50 bits per heavy atom. The first-order chi connectivity index (χ1) is 11.9. The van der Waals surface area contributed by atoms with E-state index in [0.29, 0.717) is 12.1 Å². The fourth-order valence-corrected chi connectivity index (χ4v) is 5.19. The van der Waals surface area contributed by atoms with Crippen molar-refractivity contribution in [3.8, 4) is 0 Å². The van der Waals surface area contributed by atoms with E-state index in [9.17, 15) is 13.2 Å². The SMILES string of the molecule is CCCN(C1CCNCC1)S(=O)(=O)c1cc(C(=O)OCC)ccc1C.Cl. The fourth-order valence-electron chi connectivity index (χ4n) is 3.16. The van der Waals surface area contributed by atoms with Crippen LogP contribution in [0.15, 0.2) is 23.1 Å². The van der Waals surface area contributed by atoms with Gasteiger partial charge in [-0.1, -0.05) is 13.0 Å². The van der Waals surface area contributed by atoms with E-state index in [1.165, 1.54) is 6.07 Å². The molecule has 1 fully saturated rings. The lowest BCUT2D eigenvalue weighted by molar-refractivity contribution is 0.0526. The second-order valence-corrected chi connectivity index (χ2v) is 8.16. The van der Waals surface area contributed by atoms with Gasteiger partial charge < -0.3 is 10.1 Å². The molecule has 0 unspecified atom stereocenters. The molecule has 0 atom stereocenters. The highest BCUT2D eigenvalue weighted by molar-refractivity contribution is 7.89. The Morgan fingerprint density at radius 2 is 1.92 bits per heavy atom. The summed E-state index contributed by atoms with van der Waals surface area (Å²) in [6.45, 7) is 7.84. The molecule has 1 aromatic rings. The van der Waals surface area contributed by atoms with E-state index in [1.807, 2.05) is 6.92 Å². The van der Waals surface area contributed by atoms with Crippen molar-refractivity contribution >= 4 is 28.4 Å². The average molecular weight is 405 g/mol. The molecule has 1 aromatic carbocycles. The summed E-state index contributed by atoms with van der Waals surface area (Å²) in [6, 6.07) is 4.73. The minimum Gasteiger partial charge on any atom is -0.462 e. The van der Waals surface area contributed by atoms with Crippen molar-refractivity contribution in [1.82, 2.24) is 9.62 Å². The Morgan fingerprint density at radius 1 is 1.27 bits per heavy atom. The van der Waals surface area contributed by atoms with E-state index in [0.717, 1.165) is 32.4 Å². The lowest BCUT2D eigenvalue weighted by Gasteiger charge is -2.34. The molecular formula is C18H29ClN2O4S. The van der Waals surface area contributed by atoms with Crippen LogP contribution in [0.3, 0.4) is 0 Å². The van der Waals surface area contributed by atoms with Crippen LogP contribution < -0.4 is 5.32 Å². The second-order valence-electron chi connectivity index (χ2n) is 6.30. The molecule has 0 aliphatic carbocycles. The zero-order valence-electron chi connectivity index (χ0n) is 15.7. The molecular weight excluding hydrogens is 376 g/mol. The largest absolute Gasteiger partial charge is 0.462 e. The van der Waals surface area contributed by atoms with Gasteiger partial charge in [0.2, 0.25) is 10.0 Å². The van der Waals surface area contributed by atoms with Crippen LogP contribution in [0.2, 0.25) is 0 Å². The van der Waals surface area contributed by atoms with Crippen molar-refractivity contribution in [2.24, 2.45) is 0 Å². The van der Waals surface area contributed by atoms with Gasteiger partial charge in [0.15, 0.2) is 0 Å². The zero-order chi connectivity index (χ0) is 18.4. The van der Waals surface area contributed by atoms with Gasteiger partial charge in [-0.2, -0.15) is 4.31 Å². The third-order valence-corrected chi connectivity index (χ3v) is 6.54. The molecule has 8 heteroatoms. The molecule has 0 saturated carbocycles. The first-order valence-corrected chi connectivity index (χ1v) is 10.4. The van der Waals surface area contributed by atoms with Crippen LogP contribution in [0.25, 0.3) is 0 Å². The van der Waals surface area contributed by atoms with Crippen LogP contribution in [0.5, 0.6) is 0 Å². The van der Waals surface area contributed by atoms with Crippen LogP contribution >= 0.6 is 12.4 Å². The summed E-state index contributed by atoms with van der Waals surface area (Å²) in [6.07, 6.45) is 2.35. The number of aryl methyl sites for hydroxylation is 1. The van der Waals surface area contributed by atoms with E-state index in [4.69, 9.17) is 4.74 Å². The molecule has 1 saturated heterocycles. The van der Waals surface area contributed by atoms with Gasteiger partial charge in [-0.15, -0.1) is 12.4 Å². The molecule has 0 aromatic heterocycles. The second kappa shape index (κ2) is 10.3. The molecule has 1 aliphatic rings. The van der Waals surface area contributed by atoms with Gasteiger partial charge in [-0.05, 0) is 63.9 Å². The number of hydrogen-bond acceptors (Lipinski definition) is 5. The first-order valence-electron chi connectivity index (χ1n) is 8.92. The van der Waals surface area contributed by atoms with Crippen molar-refractivity contribution in [3.05, 3.63) is 29.3 Å². The summed E-state index contributed by atoms with van der Waals surface area (Å²) in [7, 11) is -3.67. The number of nitrogens with one attached hydrogen (secondary N) is 1. The highest BCUT2D eigenvalue weighted by Gasteiger charge is 2.33. The molecule has 26 heavy (non-hydrogen) atoms. The number of benzene rings is 1. The Hall–Kier alpha value is -1.15. The standard InChI is InChI=1S/C18H28N2O4S.ClH/c1-4-12-20(16-8-10-19-11-9-16)25(22,23)17-13-15(7-6-14(17)3)18(21)24-5-2;/h6-7,13,16,19H,4-5,8-12H2,1-3H3;1H. The highest BCUT2D eigenvalue weighted by atomic mass is 35.5. The van der Waals surface area contributed by atoms with Crippen LogP contribution in [-0.4, -0.2) is 51.0 Å². The third-order valence-electron chi connectivity index (χ3n) is 4.45. The Labute approximate surface area is 162 Å². The van der Waals surface area contributed by atoms with Crippen molar-refractivity contribution in [1.29, 1.82) is 0 Å². The van der Waals surface area contributed by atoms with Crippen LogP contribution in [0.1, 0.15) is 49.0 Å². The predicted molar refractivity (Wildman–Crippen MR) is 104 cm³/mol. The van der Waals surface area contributed by atoms with Crippen molar-refractivity contribution < 1.29 is 17.9 Å². The monoisotopic (exact) mass is 404 g/mol. The van der Waals surface area contributed by atoms with E-state index >= 15 is 0 Å². The average Bonchev–Trinajstić information content (AvgIpc) is 2.60. The maximum Gasteiger partial charge on any atom is 0.338 e. The molecule has 0 amide bonds. The minimum absolute atomic E-state index is 0. The van der Waals surface area contributed by atoms with Crippen LogP contribution in [0, 0.1) is 6.92 Å². The lowest BCUT2D eigenvalue weighted by atomic mass is 10.1. The summed E-state index contributed by atoms with van der Waals surface area (Å²) in [5.41, 5.74) is 0.913. The molecule has 1 aliphatic heterocycles. The number of ether oxygens (including phenoxy) is 1. The quantitative estimate of drug-likeness (QED) is 0.707. The number of esters is 1. The summed E-state index contributed by atoms with van der Waals surface area (Å²) in [5.74, 6) is -0.497. The van der Waals surface area contributed by atoms with Gasteiger partial charge in [0, 0.05) is 12.6 Å².